The molecule has 1 aromatic carbocycles. The molecule has 0 aromatic heterocycles. The molecule has 130 valence electrons. The Morgan fingerprint density at radius 2 is 1.78 bits per heavy atom. The molecule has 0 aliphatic rings. The molecular formula is C18H30O4Si. The van der Waals surface area contributed by atoms with E-state index in [4.69, 9.17) is 9.16 Å². The second-order valence-corrected chi connectivity index (χ2v) is 12.2. The van der Waals surface area contributed by atoms with E-state index in [1.165, 1.54) is 0 Å². The van der Waals surface area contributed by atoms with Crippen LogP contribution in [0.4, 0.5) is 0 Å². The van der Waals surface area contributed by atoms with Crippen LogP contribution in [0.2, 0.25) is 18.1 Å². The van der Waals surface area contributed by atoms with Gasteiger partial charge in [-0.1, -0.05) is 39.8 Å². The highest BCUT2D eigenvalue weighted by molar-refractivity contribution is 6.74. The van der Waals surface area contributed by atoms with E-state index in [9.17, 15) is 9.90 Å². The van der Waals surface area contributed by atoms with Crippen molar-refractivity contribution in [3.05, 3.63) is 29.8 Å². The van der Waals surface area contributed by atoms with Gasteiger partial charge < -0.3 is 14.3 Å². The van der Waals surface area contributed by atoms with Crippen LogP contribution in [0, 0.1) is 0 Å². The molecule has 0 aliphatic heterocycles. The summed E-state index contributed by atoms with van der Waals surface area (Å²) in [5, 5.41) is 9.41. The number of phenols is 1. The monoisotopic (exact) mass is 338 g/mol. The molecule has 1 N–H and O–H groups in total. The second kappa shape index (κ2) is 7.97. The standard InChI is InChI=1S/C18H30O4Si/c1-7-12-21-17(20)16(22-23(5,6)18(2,3)4)13-14-8-10-15(19)11-9-14/h8-11,16,19H,7,12-13H2,1-6H3/t16-/m0/s1. The minimum absolute atomic E-state index is 0.0191. The van der Waals surface area contributed by atoms with Gasteiger partial charge in [0, 0.05) is 6.42 Å². The summed E-state index contributed by atoms with van der Waals surface area (Å²) in [6, 6.07) is 6.86. The van der Waals surface area contributed by atoms with E-state index in [1.54, 1.807) is 12.1 Å². The normalized spacial score (nSPS) is 13.7. The average molecular weight is 339 g/mol. The van der Waals surface area contributed by atoms with Gasteiger partial charge in [-0.25, -0.2) is 4.79 Å². The Balaban J connectivity index is 2.92. The fraction of sp³-hybridized carbons (Fsp3) is 0.611. The molecule has 23 heavy (non-hydrogen) atoms. The Hall–Kier alpha value is -1.33. The Bertz CT molecular complexity index is 503. The first-order valence-corrected chi connectivity index (χ1v) is 11.1. The van der Waals surface area contributed by atoms with Gasteiger partial charge in [0.25, 0.3) is 0 Å². The minimum Gasteiger partial charge on any atom is -0.508 e. The van der Waals surface area contributed by atoms with Crippen molar-refractivity contribution in [1.29, 1.82) is 0 Å². The van der Waals surface area contributed by atoms with Gasteiger partial charge in [-0.2, -0.15) is 0 Å². The first-order chi connectivity index (χ1) is 10.6. The number of ether oxygens (including phenoxy) is 1. The van der Waals surface area contributed by atoms with Crippen molar-refractivity contribution in [2.75, 3.05) is 6.61 Å². The highest BCUT2D eigenvalue weighted by Gasteiger charge is 2.41. The molecule has 0 fully saturated rings. The average Bonchev–Trinajstić information content (AvgIpc) is 2.45. The lowest BCUT2D eigenvalue weighted by molar-refractivity contribution is -0.152. The van der Waals surface area contributed by atoms with Gasteiger partial charge in [0.2, 0.25) is 0 Å². The largest absolute Gasteiger partial charge is 0.508 e. The van der Waals surface area contributed by atoms with Crippen LogP contribution in [-0.2, 0) is 20.4 Å². The molecule has 5 heteroatoms. The molecule has 0 saturated carbocycles. The summed E-state index contributed by atoms with van der Waals surface area (Å²) < 4.78 is 11.6. The van der Waals surface area contributed by atoms with E-state index >= 15 is 0 Å². The van der Waals surface area contributed by atoms with Crippen LogP contribution in [0.3, 0.4) is 0 Å². The number of aromatic hydroxyl groups is 1. The summed E-state index contributed by atoms with van der Waals surface area (Å²) in [6.07, 6.45) is 0.639. The number of carbonyl (C=O) groups excluding carboxylic acids is 1. The van der Waals surface area contributed by atoms with E-state index in [1.807, 2.05) is 19.1 Å². The number of phenolic OH excluding ortho intramolecular Hbond substituents is 1. The zero-order chi connectivity index (χ0) is 17.7. The zero-order valence-electron chi connectivity index (χ0n) is 15.2. The summed E-state index contributed by atoms with van der Waals surface area (Å²) in [6.45, 7) is 13.1. The smallest absolute Gasteiger partial charge is 0.334 e. The lowest BCUT2D eigenvalue weighted by Crippen LogP contribution is -2.47. The molecular weight excluding hydrogens is 308 g/mol. The molecule has 4 nitrogen and oxygen atoms in total. The van der Waals surface area contributed by atoms with Gasteiger partial charge in [-0.3, -0.25) is 0 Å². The summed E-state index contributed by atoms with van der Waals surface area (Å²) in [4.78, 5) is 12.4. The minimum atomic E-state index is -2.08. The summed E-state index contributed by atoms with van der Waals surface area (Å²) in [5.41, 5.74) is 0.944. The lowest BCUT2D eigenvalue weighted by atomic mass is 10.1. The third-order valence-corrected chi connectivity index (χ3v) is 8.80. The number of hydrogen-bond donors (Lipinski definition) is 1. The van der Waals surface area contributed by atoms with Crippen LogP contribution in [0.15, 0.2) is 24.3 Å². The van der Waals surface area contributed by atoms with Gasteiger partial charge in [-0.05, 0) is 42.2 Å². The third-order valence-electron chi connectivity index (χ3n) is 4.31. The molecule has 0 radical (unpaired) electrons. The van der Waals surface area contributed by atoms with Crippen molar-refractivity contribution < 1.29 is 19.1 Å². The molecule has 0 heterocycles. The first kappa shape index (κ1) is 19.7. The van der Waals surface area contributed by atoms with Crippen LogP contribution < -0.4 is 0 Å². The van der Waals surface area contributed by atoms with E-state index in [2.05, 4.69) is 33.9 Å². The van der Waals surface area contributed by atoms with E-state index < -0.39 is 14.4 Å². The number of esters is 1. The molecule has 0 spiro atoms. The maximum absolute atomic E-state index is 12.4. The zero-order valence-corrected chi connectivity index (χ0v) is 16.2. The Morgan fingerprint density at radius 1 is 1.22 bits per heavy atom. The van der Waals surface area contributed by atoms with E-state index in [0.717, 1.165) is 12.0 Å². The maximum atomic E-state index is 12.4. The number of rotatable bonds is 7. The highest BCUT2D eigenvalue weighted by atomic mass is 28.4. The van der Waals surface area contributed by atoms with Crippen LogP contribution in [0.1, 0.15) is 39.7 Å². The van der Waals surface area contributed by atoms with Crippen molar-refractivity contribution in [2.24, 2.45) is 0 Å². The Labute approximate surface area is 140 Å². The summed E-state index contributed by atoms with van der Waals surface area (Å²) >= 11 is 0. The molecule has 1 rings (SSSR count). The topological polar surface area (TPSA) is 55.8 Å². The Morgan fingerprint density at radius 3 is 2.26 bits per heavy atom. The third kappa shape index (κ3) is 5.99. The van der Waals surface area contributed by atoms with Crippen molar-refractivity contribution >= 4 is 14.3 Å². The number of hydrogen-bond acceptors (Lipinski definition) is 4. The molecule has 0 amide bonds. The maximum Gasteiger partial charge on any atom is 0.334 e. The van der Waals surface area contributed by atoms with Crippen LogP contribution in [-0.4, -0.2) is 32.1 Å². The van der Waals surface area contributed by atoms with E-state index in [-0.39, 0.29) is 16.8 Å². The fourth-order valence-corrected chi connectivity index (χ4v) is 3.09. The number of carbonyl (C=O) groups is 1. The van der Waals surface area contributed by atoms with Crippen LogP contribution >= 0.6 is 0 Å². The van der Waals surface area contributed by atoms with Crippen LogP contribution in [0.25, 0.3) is 0 Å². The number of benzene rings is 1. The predicted molar refractivity (Wildman–Crippen MR) is 95.1 cm³/mol. The van der Waals surface area contributed by atoms with E-state index in [0.29, 0.717) is 13.0 Å². The molecule has 1 aromatic rings. The molecule has 0 saturated heterocycles. The molecule has 0 aliphatic carbocycles. The first-order valence-electron chi connectivity index (χ1n) is 8.19. The van der Waals surface area contributed by atoms with Crippen molar-refractivity contribution in [3.8, 4) is 5.75 Å². The fourth-order valence-electron chi connectivity index (χ4n) is 1.85. The van der Waals surface area contributed by atoms with Crippen LogP contribution in [0.5, 0.6) is 5.75 Å². The van der Waals surface area contributed by atoms with Gasteiger partial charge in [0.05, 0.1) is 6.61 Å². The van der Waals surface area contributed by atoms with Crippen molar-refractivity contribution in [1.82, 2.24) is 0 Å². The van der Waals surface area contributed by atoms with Crippen molar-refractivity contribution in [2.45, 2.75) is 64.8 Å². The highest BCUT2D eigenvalue weighted by Crippen LogP contribution is 2.37. The molecule has 0 unspecified atom stereocenters. The predicted octanol–water partition coefficient (Wildman–Crippen LogP) is 4.28. The quantitative estimate of drug-likeness (QED) is 0.595. The second-order valence-electron chi connectivity index (χ2n) is 7.40. The molecule has 1 atom stereocenters. The Kier molecular flexibility index (Phi) is 6.83. The van der Waals surface area contributed by atoms with Gasteiger partial charge >= 0.3 is 5.97 Å². The SMILES string of the molecule is CCCOC(=O)[C@H](Cc1ccc(O)cc1)O[Si](C)(C)C(C)(C)C. The van der Waals surface area contributed by atoms with Gasteiger partial charge in [-0.15, -0.1) is 0 Å². The van der Waals surface area contributed by atoms with Gasteiger partial charge in [0.1, 0.15) is 11.9 Å². The lowest BCUT2D eigenvalue weighted by Gasteiger charge is -2.38. The van der Waals surface area contributed by atoms with Crippen molar-refractivity contribution in [3.63, 3.8) is 0 Å². The summed E-state index contributed by atoms with van der Waals surface area (Å²) in [7, 11) is -2.08. The molecule has 0 bridgehead atoms. The summed E-state index contributed by atoms with van der Waals surface area (Å²) in [5.74, 6) is -0.0890. The van der Waals surface area contributed by atoms with Gasteiger partial charge in [0.15, 0.2) is 8.32 Å².